The summed E-state index contributed by atoms with van der Waals surface area (Å²) in [5.74, 6) is 0.911. The maximum absolute atomic E-state index is 12.0. The third kappa shape index (κ3) is 4.83. The summed E-state index contributed by atoms with van der Waals surface area (Å²) >= 11 is 0. The van der Waals surface area contributed by atoms with Gasteiger partial charge in [-0.25, -0.2) is 17.9 Å². The summed E-state index contributed by atoms with van der Waals surface area (Å²) in [6.07, 6.45) is 11.6. The van der Waals surface area contributed by atoms with Crippen LogP contribution in [0.4, 0.5) is 0 Å². The third-order valence-electron chi connectivity index (χ3n) is 8.69. The van der Waals surface area contributed by atoms with E-state index in [4.69, 9.17) is 4.74 Å². The molecule has 2 saturated heterocycles. The molecule has 1 saturated carbocycles. The molecule has 4 heterocycles. The van der Waals surface area contributed by atoms with Gasteiger partial charge in [0.15, 0.2) is 15.5 Å². The van der Waals surface area contributed by atoms with Gasteiger partial charge in [0, 0.05) is 49.4 Å². The lowest BCUT2D eigenvalue weighted by Crippen LogP contribution is -2.58. The molecule has 4 aromatic rings. The van der Waals surface area contributed by atoms with Gasteiger partial charge in [-0.2, -0.15) is 5.10 Å². The SMILES string of the molecule is CS(=O)(=O)c1cccc(-c2cnn3cc(-c4ccc(OC5(CN6CCC7(CC6)CNC7)CC5)cc4)cnc23)c1. The summed E-state index contributed by atoms with van der Waals surface area (Å²) in [5, 5.41) is 7.94. The van der Waals surface area contributed by atoms with Crippen molar-refractivity contribution in [2.75, 3.05) is 39.0 Å². The predicted molar refractivity (Wildman–Crippen MR) is 151 cm³/mol. The molecule has 7 rings (SSSR count). The molecule has 2 aliphatic heterocycles. The summed E-state index contributed by atoms with van der Waals surface area (Å²) in [4.78, 5) is 7.55. The lowest BCUT2D eigenvalue weighted by molar-refractivity contribution is 0.0295. The van der Waals surface area contributed by atoms with Gasteiger partial charge in [0.1, 0.15) is 11.4 Å². The molecule has 1 spiro atoms. The van der Waals surface area contributed by atoms with E-state index in [-0.39, 0.29) is 10.5 Å². The summed E-state index contributed by atoms with van der Waals surface area (Å²) in [6, 6.07) is 15.1. The molecule has 0 radical (unpaired) electrons. The molecule has 39 heavy (non-hydrogen) atoms. The second kappa shape index (κ2) is 9.15. The van der Waals surface area contributed by atoms with E-state index in [0.29, 0.717) is 11.1 Å². The average molecular weight is 544 g/mol. The summed E-state index contributed by atoms with van der Waals surface area (Å²) in [6.45, 7) is 5.77. The average Bonchev–Trinajstić information content (AvgIpc) is 3.53. The fraction of sp³-hybridized carbons (Fsp3) is 0.400. The van der Waals surface area contributed by atoms with E-state index in [0.717, 1.165) is 47.4 Å². The maximum Gasteiger partial charge on any atom is 0.175 e. The number of ether oxygens (including phenoxy) is 1. The second-order valence-electron chi connectivity index (χ2n) is 11.7. The van der Waals surface area contributed by atoms with Crippen LogP contribution in [0.25, 0.3) is 27.9 Å². The number of aromatic nitrogens is 3. The van der Waals surface area contributed by atoms with Gasteiger partial charge in [-0.3, -0.25) is 4.90 Å². The Balaban J connectivity index is 1.04. The van der Waals surface area contributed by atoms with Gasteiger partial charge in [-0.15, -0.1) is 0 Å². The highest BCUT2D eigenvalue weighted by Crippen LogP contribution is 2.43. The van der Waals surface area contributed by atoms with E-state index in [1.807, 2.05) is 18.5 Å². The number of piperidine rings is 1. The van der Waals surface area contributed by atoms with Gasteiger partial charge < -0.3 is 10.1 Å². The molecule has 1 N–H and O–H groups in total. The Hall–Kier alpha value is -3.27. The zero-order chi connectivity index (χ0) is 26.7. The number of hydrogen-bond donors (Lipinski definition) is 1. The Morgan fingerprint density at radius 1 is 0.949 bits per heavy atom. The smallest absolute Gasteiger partial charge is 0.175 e. The van der Waals surface area contributed by atoms with Crippen LogP contribution in [0.3, 0.4) is 0 Å². The monoisotopic (exact) mass is 543 g/mol. The molecular weight excluding hydrogens is 510 g/mol. The Kier molecular flexibility index (Phi) is 5.80. The minimum absolute atomic E-state index is 0.0375. The molecule has 2 aromatic carbocycles. The molecule has 8 nitrogen and oxygen atoms in total. The van der Waals surface area contributed by atoms with Gasteiger partial charge in [-0.05, 0) is 79.6 Å². The van der Waals surface area contributed by atoms with Crippen LogP contribution in [0.1, 0.15) is 25.7 Å². The van der Waals surface area contributed by atoms with Crippen LogP contribution in [0.2, 0.25) is 0 Å². The maximum atomic E-state index is 12.0. The van der Waals surface area contributed by atoms with Crippen LogP contribution in [-0.2, 0) is 9.84 Å². The quantitative estimate of drug-likeness (QED) is 0.376. The first-order chi connectivity index (χ1) is 18.8. The molecule has 0 unspecified atom stereocenters. The van der Waals surface area contributed by atoms with Crippen molar-refractivity contribution >= 4 is 15.5 Å². The first-order valence-electron chi connectivity index (χ1n) is 13.7. The molecule has 1 aliphatic carbocycles. The number of likely N-dealkylation sites (tertiary alicyclic amines) is 1. The minimum Gasteiger partial charge on any atom is -0.486 e. The highest BCUT2D eigenvalue weighted by molar-refractivity contribution is 7.90. The fourth-order valence-electron chi connectivity index (χ4n) is 5.94. The van der Waals surface area contributed by atoms with E-state index >= 15 is 0 Å². The summed E-state index contributed by atoms with van der Waals surface area (Å²) in [5.41, 5.74) is 4.76. The molecule has 9 heteroatoms. The van der Waals surface area contributed by atoms with Crippen LogP contribution >= 0.6 is 0 Å². The number of benzene rings is 2. The van der Waals surface area contributed by atoms with Gasteiger partial charge in [0.25, 0.3) is 0 Å². The van der Waals surface area contributed by atoms with Crippen LogP contribution in [-0.4, -0.2) is 72.5 Å². The van der Waals surface area contributed by atoms with Crippen molar-refractivity contribution < 1.29 is 13.2 Å². The molecule has 0 atom stereocenters. The molecule has 202 valence electrons. The zero-order valence-corrected chi connectivity index (χ0v) is 23.0. The highest BCUT2D eigenvalue weighted by atomic mass is 32.2. The van der Waals surface area contributed by atoms with E-state index in [1.54, 1.807) is 28.9 Å². The van der Waals surface area contributed by atoms with Crippen molar-refractivity contribution in [2.24, 2.45) is 5.41 Å². The fourth-order valence-corrected chi connectivity index (χ4v) is 6.61. The van der Waals surface area contributed by atoms with Crippen molar-refractivity contribution in [2.45, 2.75) is 36.2 Å². The van der Waals surface area contributed by atoms with Crippen molar-refractivity contribution in [3.63, 3.8) is 0 Å². The minimum atomic E-state index is -3.30. The topological polar surface area (TPSA) is 88.8 Å². The first kappa shape index (κ1) is 24.7. The van der Waals surface area contributed by atoms with E-state index < -0.39 is 9.84 Å². The van der Waals surface area contributed by atoms with Crippen LogP contribution in [0.5, 0.6) is 5.75 Å². The zero-order valence-electron chi connectivity index (χ0n) is 22.1. The van der Waals surface area contributed by atoms with Gasteiger partial charge >= 0.3 is 0 Å². The number of nitrogens with one attached hydrogen (secondary N) is 1. The first-order valence-corrected chi connectivity index (χ1v) is 15.6. The van der Waals surface area contributed by atoms with Gasteiger partial charge in [-0.1, -0.05) is 24.3 Å². The molecular formula is C30H33N5O3S. The van der Waals surface area contributed by atoms with E-state index in [9.17, 15) is 8.42 Å². The Morgan fingerprint density at radius 3 is 2.38 bits per heavy atom. The number of hydrogen-bond acceptors (Lipinski definition) is 7. The third-order valence-corrected chi connectivity index (χ3v) is 9.80. The standard InChI is InChI=1S/C30H33N5O3S/c1-39(36,37)26-4-2-3-23(15-26)27-17-33-35-18-24(16-32-28(27)35)22-5-7-25(8-6-22)38-30(9-10-30)21-34-13-11-29(12-14-34)19-31-20-29/h2-8,15-18,31H,9-14,19-21H2,1H3. The van der Waals surface area contributed by atoms with Gasteiger partial charge in [0.05, 0.1) is 11.1 Å². The van der Waals surface area contributed by atoms with Gasteiger partial charge in [0.2, 0.25) is 0 Å². The molecule has 2 aromatic heterocycles. The van der Waals surface area contributed by atoms with E-state index in [1.165, 1.54) is 45.3 Å². The number of rotatable bonds is 7. The number of fused-ring (bicyclic) bond motifs is 1. The Labute approximate surface area is 228 Å². The summed E-state index contributed by atoms with van der Waals surface area (Å²) < 4.78 is 32.3. The van der Waals surface area contributed by atoms with Crippen molar-refractivity contribution in [1.82, 2.24) is 24.8 Å². The largest absolute Gasteiger partial charge is 0.486 e. The predicted octanol–water partition coefficient (Wildman–Crippen LogP) is 4.06. The van der Waals surface area contributed by atoms with Crippen molar-refractivity contribution in [3.8, 4) is 28.0 Å². The highest BCUT2D eigenvalue weighted by Gasteiger charge is 2.48. The van der Waals surface area contributed by atoms with Crippen LogP contribution < -0.4 is 10.1 Å². The Bertz CT molecular complexity index is 1630. The van der Waals surface area contributed by atoms with Crippen molar-refractivity contribution in [3.05, 3.63) is 67.1 Å². The molecule has 0 amide bonds. The normalized spacial score (nSPS) is 20.1. The van der Waals surface area contributed by atoms with Crippen molar-refractivity contribution in [1.29, 1.82) is 0 Å². The Morgan fingerprint density at radius 2 is 1.72 bits per heavy atom. The van der Waals surface area contributed by atoms with E-state index in [2.05, 4.69) is 44.6 Å². The molecule has 0 bridgehead atoms. The number of sulfone groups is 1. The lowest BCUT2D eigenvalue weighted by Gasteiger charge is -2.48. The lowest BCUT2D eigenvalue weighted by atomic mass is 9.73. The van der Waals surface area contributed by atoms with Crippen LogP contribution in [0.15, 0.2) is 72.0 Å². The number of nitrogens with zero attached hydrogens (tertiary/aromatic N) is 4. The molecule has 3 fully saturated rings. The van der Waals surface area contributed by atoms with Crippen LogP contribution in [0, 0.1) is 5.41 Å². The summed E-state index contributed by atoms with van der Waals surface area (Å²) in [7, 11) is -3.30. The second-order valence-corrected chi connectivity index (χ2v) is 13.7. The molecule has 3 aliphatic rings.